The summed E-state index contributed by atoms with van der Waals surface area (Å²) in [5.41, 5.74) is -0.845. The first kappa shape index (κ1) is 9.93. The van der Waals surface area contributed by atoms with Crippen LogP contribution in [0.2, 0.25) is 0 Å². The van der Waals surface area contributed by atoms with Gasteiger partial charge < -0.3 is 5.11 Å². The number of hydrogen-bond donors (Lipinski definition) is 1. The molecule has 1 rings (SSSR count). The SMILES string of the molecule is C=CCC(C)(O)c1ccccc1F. The maximum Gasteiger partial charge on any atom is 0.129 e. The molecule has 0 aliphatic heterocycles. The first-order valence-corrected chi connectivity index (χ1v) is 4.16. The Morgan fingerprint density at radius 1 is 1.54 bits per heavy atom. The topological polar surface area (TPSA) is 20.2 Å². The largest absolute Gasteiger partial charge is 0.385 e. The van der Waals surface area contributed by atoms with Gasteiger partial charge in [-0.05, 0) is 19.4 Å². The lowest BCUT2D eigenvalue weighted by molar-refractivity contribution is 0.0568. The number of benzene rings is 1. The van der Waals surface area contributed by atoms with E-state index in [1.807, 2.05) is 0 Å². The van der Waals surface area contributed by atoms with Gasteiger partial charge in [-0.2, -0.15) is 0 Å². The standard InChI is InChI=1S/C11H13FO/c1-3-8-11(2,13)9-6-4-5-7-10(9)12/h3-7,13H,1,8H2,2H3. The molecule has 13 heavy (non-hydrogen) atoms. The van der Waals surface area contributed by atoms with Gasteiger partial charge >= 0.3 is 0 Å². The third-order valence-corrected chi connectivity index (χ3v) is 2.00. The van der Waals surface area contributed by atoms with Crippen LogP contribution in [-0.4, -0.2) is 5.11 Å². The zero-order valence-electron chi connectivity index (χ0n) is 7.63. The molecule has 0 saturated heterocycles. The molecule has 1 aromatic rings. The van der Waals surface area contributed by atoms with Crippen LogP contribution in [0.15, 0.2) is 36.9 Å². The monoisotopic (exact) mass is 180 g/mol. The quantitative estimate of drug-likeness (QED) is 0.709. The molecule has 0 aliphatic rings. The minimum atomic E-state index is -1.16. The molecule has 0 heterocycles. The van der Waals surface area contributed by atoms with Crippen LogP contribution in [0.5, 0.6) is 0 Å². The summed E-state index contributed by atoms with van der Waals surface area (Å²) in [6, 6.07) is 6.23. The fraction of sp³-hybridized carbons (Fsp3) is 0.273. The summed E-state index contributed by atoms with van der Waals surface area (Å²) in [6.45, 7) is 5.10. The van der Waals surface area contributed by atoms with Gasteiger partial charge in [-0.25, -0.2) is 4.39 Å². The van der Waals surface area contributed by atoms with Crippen molar-refractivity contribution in [2.75, 3.05) is 0 Å². The fourth-order valence-corrected chi connectivity index (χ4v) is 1.29. The van der Waals surface area contributed by atoms with Gasteiger partial charge in [-0.15, -0.1) is 6.58 Å². The average Bonchev–Trinajstić information content (AvgIpc) is 2.04. The highest BCUT2D eigenvalue weighted by Gasteiger charge is 2.24. The second kappa shape index (κ2) is 3.71. The summed E-state index contributed by atoms with van der Waals surface area (Å²) < 4.78 is 13.2. The zero-order chi connectivity index (χ0) is 9.90. The van der Waals surface area contributed by atoms with Crippen molar-refractivity contribution in [2.24, 2.45) is 0 Å². The maximum absolute atomic E-state index is 13.2. The third-order valence-electron chi connectivity index (χ3n) is 2.00. The van der Waals surface area contributed by atoms with E-state index < -0.39 is 5.60 Å². The average molecular weight is 180 g/mol. The first-order chi connectivity index (χ1) is 6.08. The van der Waals surface area contributed by atoms with Crippen LogP contribution in [0.1, 0.15) is 18.9 Å². The molecule has 0 radical (unpaired) electrons. The lowest BCUT2D eigenvalue weighted by Crippen LogP contribution is -2.21. The van der Waals surface area contributed by atoms with Gasteiger partial charge in [0.1, 0.15) is 5.82 Å². The zero-order valence-corrected chi connectivity index (χ0v) is 7.63. The van der Waals surface area contributed by atoms with Gasteiger partial charge in [0.15, 0.2) is 0 Å². The van der Waals surface area contributed by atoms with Crippen molar-refractivity contribution in [3.8, 4) is 0 Å². The van der Waals surface area contributed by atoms with E-state index in [9.17, 15) is 9.50 Å². The Kier molecular flexibility index (Phi) is 2.83. The van der Waals surface area contributed by atoms with Crippen molar-refractivity contribution in [2.45, 2.75) is 18.9 Å². The Labute approximate surface area is 77.5 Å². The van der Waals surface area contributed by atoms with E-state index in [2.05, 4.69) is 6.58 Å². The number of hydrogen-bond acceptors (Lipinski definition) is 1. The Morgan fingerprint density at radius 2 is 2.15 bits per heavy atom. The maximum atomic E-state index is 13.2. The fourth-order valence-electron chi connectivity index (χ4n) is 1.29. The molecule has 2 heteroatoms. The molecular weight excluding hydrogens is 167 g/mol. The van der Waals surface area contributed by atoms with Gasteiger partial charge in [0, 0.05) is 5.56 Å². The minimum absolute atomic E-state index is 0.315. The molecule has 0 fully saturated rings. The molecule has 0 spiro atoms. The van der Waals surface area contributed by atoms with Gasteiger partial charge in [0.2, 0.25) is 0 Å². The van der Waals surface area contributed by atoms with Crippen molar-refractivity contribution in [3.05, 3.63) is 48.3 Å². The summed E-state index contributed by atoms with van der Waals surface area (Å²) in [6.07, 6.45) is 1.92. The van der Waals surface area contributed by atoms with Crippen molar-refractivity contribution in [1.29, 1.82) is 0 Å². The van der Waals surface area contributed by atoms with Crippen LogP contribution in [0.4, 0.5) is 4.39 Å². The molecule has 70 valence electrons. The van der Waals surface area contributed by atoms with Crippen LogP contribution in [0.3, 0.4) is 0 Å². The molecule has 1 aromatic carbocycles. The molecule has 0 saturated carbocycles. The molecule has 0 bridgehead atoms. The third kappa shape index (κ3) is 2.16. The number of halogens is 1. The van der Waals surface area contributed by atoms with Crippen molar-refractivity contribution in [3.63, 3.8) is 0 Å². The van der Waals surface area contributed by atoms with E-state index in [1.54, 1.807) is 31.2 Å². The van der Waals surface area contributed by atoms with Crippen molar-refractivity contribution in [1.82, 2.24) is 0 Å². The smallest absolute Gasteiger partial charge is 0.129 e. The van der Waals surface area contributed by atoms with Crippen LogP contribution >= 0.6 is 0 Å². The van der Waals surface area contributed by atoms with Crippen molar-refractivity contribution < 1.29 is 9.50 Å². The molecule has 1 unspecified atom stereocenters. The predicted molar refractivity (Wildman–Crippen MR) is 50.8 cm³/mol. The van der Waals surface area contributed by atoms with Crippen LogP contribution in [-0.2, 0) is 5.60 Å². The Balaban J connectivity index is 3.06. The molecule has 1 atom stereocenters. The Hall–Kier alpha value is -1.15. The van der Waals surface area contributed by atoms with Crippen LogP contribution in [0, 0.1) is 5.82 Å². The molecule has 0 aromatic heterocycles. The van der Waals surface area contributed by atoms with Crippen LogP contribution in [0.25, 0.3) is 0 Å². The molecule has 0 amide bonds. The summed E-state index contributed by atoms with van der Waals surface area (Å²) in [4.78, 5) is 0. The van der Waals surface area contributed by atoms with Crippen molar-refractivity contribution >= 4 is 0 Å². The highest BCUT2D eigenvalue weighted by atomic mass is 19.1. The van der Waals surface area contributed by atoms with E-state index in [4.69, 9.17) is 0 Å². The Morgan fingerprint density at radius 3 is 2.69 bits per heavy atom. The van der Waals surface area contributed by atoms with E-state index in [1.165, 1.54) is 6.07 Å². The number of rotatable bonds is 3. The van der Waals surface area contributed by atoms with Gasteiger partial charge in [0.25, 0.3) is 0 Å². The summed E-state index contributed by atoms with van der Waals surface area (Å²) in [5.74, 6) is -0.380. The molecular formula is C11H13FO. The van der Waals surface area contributed by atoms with E-state index >= 15 is 0 Å². The minimum Gasteiger partial charge on any atom is -0.385 e. The first-order valence-electron chi connectivity index (χ1n) is 4.16. The summed E-state index contributed by atoms with van der Waals surface area (Å²) in [7, 11) is 0. The van der Waals surface area contributed by atoms with E-state index in [0.29, 0.717) is 12.0 Å². The highest BCUT2D eigenvalue weighted by Crippen LogP contribution is 2.26. The van der Waals surface area contributed by atoms with Gasteiger partial charge in [0.05, 0.1) is 5.60 Å². The van der Waals surface area contributed by atoms with Gasteiger partial charge in [-0.1, -0.05) is 24.3 Å². The normalized spacial score (nSPS) is 15.0. The lowest BCUT2D eigenvalue weighted by Gasteiger charge is -2.22. The molecule has 1 nitrogen and oxygen atoms in total. The van der Waals surface area contributed by atoms with Gasteiger partial charge in [-0.3, -0.25) is 0 Å². The molecule has 0 aliphatic carbocycles. The van der Waals surface area contributed by atoms with E-state index in [-0.39, 0.29) is 5.82 Å². The van der Waals surface area contributed by atoms with E-state index in [0.717, 1.165) is 0 Å². The lowest BCUT2D eigenvalue weighted by atomic mass is 9.92. The highest BCUT2D eigenvalue weighted by molar-refractivity contribution is 5.24. The summed E-state index contributed by atoms with van der Waals surface area (Å²) in [5, 5.41) is 9.86. The summed E-state index contributed by atoms with van der Waals surface area (Å²) >= 11 is 0. The number of aliphatic hydroxyl groups is 1. The Bertz CT molecular complexity index is 305. The second-order valence-electron chi connectivity index (χ2n) is 3.25. The predicted octanol–water partition coefficient (Wildman–Crippen LogP) is 2.61. The second-order valence-corrected chi connectivity index (χ2v) is 3.25. The van der Waals surface area contributed by atoms with Crippen LogP contribution < -0.4 is 0 Å². The molecule has 1 N–H and O–H groups in total.